The second-order valence-corrected chi connectivity index (χ2v) is 7.03. The Kier molecular flexibility index (Phi) is 3.67. The van der Waals surface area contributed by atoms with Gasteiger partial charge in [0.25, 0.3) is 5.69 Å². The van der Waals surface area contributed by atoms with Crippen LogP contribution in [0.25, 0.3) is 0 Å². The van der Waals surface area contributed by atoms with Crippen molar-refractivity contribution in [2.24, 2.45) is 11.8 Å². The number of likely N-dealkylation sites (tertiary alicyclic amines) is 1. The molecule has 0 radical (unpaired) electrons. The summed E-state index contributed by atoms with van der Waals surface area (Å²) in [6.45, 7) is 8.17. The molecule has 2 saturated heterocycles. The van der Waals surface area contributed by atoms with E-state index in [1.807, 2.05) is 0 Å². The highest BCUT2D eigenvalue weighted by molar-refractivity contribution is 6.30. The third-order valence-corrected chi connectivity index (χ3v) is 5.36. The lowest BCUT2D eigenvalue weighted by molar-refractivity contribution is -0.385. The number of nitrogens with one attached hydrogen (secondary N) is 1. The van der Waals surface area contributed by atoms with E-state index in [1.54, 1.807) is 12.1 Å². The maximum Gasteiger partial charge on any atom is 0.275 e. The predicted molar refractivity (Wildman–Crippen MR) is 82.4 cm³/mol. The van der Waals surface area contributed by atoms with Crippen LogP contribution in [0.4, 0.5) is 5.69 Å². The van der Waals surface area contributed by atoms with E-state index in [2.05, 4.69) is 24.1 Å². The van der Waals surface area contributed by atoms with Crippen molar-refractivity contribution in [2.75, 3.05) is 19.6 Å². The molecule has 1 aromatic rings. The van der Waals surface area contributed by atoms with Crippen molar-refractivity contribution < 1.29 is 4.92 Å². The summed E-state index contributed by atoms with van der Waals surface area (Å²) in [5, 5.41) is 15.1. The maximum atomic E-state index is 11.2. The van der Waals surface area contributed by atoms with Crippen LogP contribution >= 0.6 is 11.6 Å². The van der Waals surface area contributed by atoms with Crippen LogP contribution in [-0.4, -0.2) is 35.0 Å². The summed E-state index contributed by atoms with van der Waals surface area (Å²) in [5.74, 6) is 1.26. The number of benzene rings is 1. The summed E-state index contributed by atoms with van der Waals surface area (Å²) in [6, 6.07) is 4.96. The second kappa shape index (κ2) is 5.23. The Bertz CT molecular complexity index is 576. The largest absolute Gasteiger partial charge is 0.316 e. The SMILES string of the molecule is CC1(C)C2CNCC2CN1Cc1ccc(Cl)cc1[N+](=O)[O-]. The minimum atomic E-state index is -0.341. The minimum absolute atomic E-state index is 0.0572. The Morgan fingerprint density at radius 1 is 1.48 bits per heavy atom. The van der Waals surface area contributed by atoms with Crippen molar-refractivity contribution in [3.05, 3.63) is 38.9 Å². The lowest BCUT2D eigenvalue weighted by Gasteiger charge is -2.35. The minimum Gasteiger partial charge on any atom is -0.316 e. The van der Waals surface area contributed by atoms with Crippen LogP contribution in [0.1, 0.15) is 19.4 Å². The molecule has 0 saturated carbocycles. The average molecular weight is 310 g/mol. The molecule has 2 aliphatic heterocycles. The highest BCUT2D eigenvalue weighted by Crippen LogP contribution is 2.42. The van der Waals surface area contributed by atoms with Gasteiger partial charge in [0.05, 0.1) is 4.92 Å². The first-order valence-electron chi connectivity index (χ1n) is 7.28. The molecule has 1 N–H and O–H groups in total. The number of nitro groups is 1. The maximum absolute atomic E-state index is 11.2. The second-order valence-electron chi connectivity index (χ2n) is 6.59. The Morgan fingerprint density at radius 2 is 2.24 bits per heavy atom. The topological polar surface area (TPSA) is 58.4 Å². The van der Waals surface area contributed by atoms with Gasteiger partial charge in [-0.3, -0.25) is 15.0 Å². The normalized spacial score (nSPS) is 27.8. The van der Waals surface area contributed by atoms with Gasteiger partial charge in [-0.1, -0.05) is 11.6 Å². The summed E-state index contributed by atoms with van der Waals surface area (Å²) in [4.78, 5) is 13.3. The fourth-order valence-electron chi connectivity index (χ4n) is 3.82. The summed E-state index contributed by atoms with van der Waals surface area (Å²) >= 11 is 5.89. The van der Waals surface area contributed by atoms with Crippen LogP contribution in [0.5, 0.6) is 0 Å². The Labute approximate surface area is 129 Å². The summed E-state index contributed by atoms with van der Waals surface area (Å²) in [5.41, 5.74) is 0.917. The Hall–Kier alpha value is -1.17. The molecule has 21 heavy (non-hydrogen) atoms. The van der Waals surface area contributed by atoms with Gasteiger partial charge >= 0.3 is 0 Å². The molecule has 6 heteroatoms. The zero-order valence-corrected chi connectivity index (χ0v) is 13.1. The lowest BCUT2D eigenvalue weighted by Crippen LogP contribution is -2.44. The van der Waals surface area contributed by atoms with E-state index >= 15 is 0 Å². The van der Waals surface area contributed by atoms with Crippen LogP contribution in [0.15, 0.2) is 18.2 Å². The van der Waals surface area contributed by atoms with Crippen molar-refractivity contribution in [3.8, 4) is 0 Å². The standard InChI is InChI=1S/C15H20ClN3O2/c1-15(2)13-7-17-6-11(13)9-18(15)8-10-3-4-12(16)5-14(10)19(20)21/h3-5,11,13,17H,6-9H2,1-2H3. The fourth-order valence-corrected chi connectivity index (χ4v) is 3.99. The molecule has 1 aromatic carbocycles. The monoisotopic (exact) mass is 309 g/mol. The van der Waals surface area contributed by atoms with Gasteiger partial charge in [-0.25, -0.2) is 0 Å². The molecule has 0 aromatic heterocycles. The number of hydrogen-bond acceptors (Lipinski definition) is 4. The lowest BCUT2D eigenvalue weighted by atomic mass is 9.85. The van der Waals surface area contributed by atoms with E-state index in [1.165, 1.54) is 6.07 Å². The van der Waals surface area contributed by atoms with Crippen molar-refractivity contribution in [1.82, 2.24) is 10.2 Å². The van der Waals surface area contributed by atoms with Gasteiger partial charge in [0, 0.05) is 41.8 Å². The Morgan fingerprint density at radius 3 is 2.90 bits per heavy atom. The number of halogens is 1. The molecular formula is C15H20ClN3O2. The van der Waals surface area contributed by atoms with E-state index in [9.17, 15) is 10.1 Å². The molecule has 0 amide bonds. The van der Waals surface area contributed by atoms with Crippen LogP contribution in [0.2, 0.25) is 5.02 Å². The van der Waals surface area contributed by atoms with E-state index in [0.717, 1.165) is 25.2 Å². The van der Waals surface area contributed by atoms with Gasteiger partial charge in [0.2, 0.25) is 0 Å². The first-order chi connectivity index (χ1) is 9.89. The number of nitro benzene ring substituents is 1. The van der Waals surface area contributed by atoms with Gasteiger partial charge < -0.3 is 5.32 Å². The molecule has 2 heterocycles. The molecule has 0 spiro atoms. The quantitative estimate of drug-likeness (QED) is 0.689. The van der Waals surface area contributed by atoms with Crippen molar-refractivity contribution in [3.63, 3.8) is 0 Å². The van der Waals surface area contributed by atoms with Gasteiger partial charge in [0.1, 0.15) is 0 Å². The molecule has 5 nitrogen and oxygen atoms in total. The van der Waals surface area contributed by atoms with Gasteiger partial charge in [-0.15, -0.1) is 0 Å². The highest BCUT2D eigenvalue weighted by atomic mass is 35.5. The number of nitrogens with zero attached hydrogens (tertiary/aromatic N) is 2. The van der Waals surface area contributed by atoms with Crippen molar-refractivity contribution >= 4 is 17.3 Å². The first-order valence-corrected chi connectivity index (χ1v) is 7.66. The zero-order valence-electron chi connectivity index (χ0n) is 12.3. The molecular weight excluding hydrogens is 290 g/mol. The number of rotatable bonds is 3. The van der Waals surface area contributed by atoms with Crippen LogP contribution in [-0.2, 0) is 6.54 Å². The third-order valence-electron chi connectivity index (χ3n) is 5.12. The van der Waals surface area contributed by atoms with E-state index in [-0.39, 0.29) is 16.1 Å². The molecule has 0 bridgehead atoms. The highest BCUT2D eigenvalue weighted by Gasteiger charge is 2.49. The van der Waals surface area contributed by atoms with Crippen LogP contribution < -0.4 is 5.32 Å². The summed E-state index contributed by atoms with van der Waals surface area (Å²) < 4.78 is 0. The van der Waals surface area contributed by atoms with Crippen LogP contribution in [0.3, 0.4) is 0 Å². The molecule has 2 aliphatic rings. The molecule has 2 atom stereocenters. The molecule has 3 rings (SSSR count). The van der Waals surface area contributed by atoms with E-state index in [0.29, 0.717) is 23.4 Å². The third kappa shape index (κ3) is 2.54. The van der Waals surface area contributed by atoms with Crippen molar-refractivity contribution in [1.29, 1.82) is 0 Å². The number of hydrogen-bond donors (Lipinski definition) is 1. The molecule has 2 unspecified atom stereocenters. The molecule has 2 fully saturated rings. The zero-order chi connectivity index (χ0) is 15.2. The van der Waals surface area contributed by atoms with Gasteiger partial charge in [-0.05, 0) is 44.4 Å². The summed E-state index contributed by atoms with van der Waals surface area (Å²) in [6.07, 6.45) is 0. The van der Waals surface area contributed by atoms with Gasteiger partial charge in [0.15, 0.2) is 0 Å². The number of fused-ring (bicyclic) bond motifs is 1. The first kappa shape index (κ1) is 14.8. The van der Waals surface area contributed by atoms with Crippen molar-refractivity contribution in [2.45, 2.75) is 25.9 Å². The average Bonchev–Trinajstić information content (AvgIpc) is 2.95. The van der Waals surface area contributed by atoms with E-state index in [4.69, 9.17) is 11.6 Å². The summed E-state index contributed by atoms with van der Waals surface area (Å²) in [7, 11) is 0. The fraction of sp³-hybridized carbons (Fsp3) is 0.600. The molecule has 114 valence electrons. The smallest absolute Gasteiger partial charge is 0.275 e. The predicted octanol–water partition coefficient (Wildman–Crippen LogP) is 2.68. The van der Waals surface area contributed by atoms with E-state index < -0.39 is 0 Å². The Balaban J connectivity index is 1.86. The van der Waals surface area contributed by atoms with Crippen LogP contribution in [0, 0.1) is 22.0 Å². The van der Waals surface area contributed by atoms with Gasteiger partial charge in [-0.2, -0.15) is 0 Å². The molecule has 0 aliphatic carbocycles.